The van der Waals surface area contributed by atoms with Gasteiger partial charge in [0.2, 0.25) is 0 Å². The van der Waals surface area contributed by atoms with Gasteiger partial charge in [-0.25, -0.2) is 9.18 Å². The van der Waals surface area contributed by atoms with Crippen molar-refractivity contribution in [3.8, 4) is 0 Å². The summed E-state index contributed by atoms with van der Waals surface area (Å²) in [5.41, 5.74) is 4.91. The molecule has 1 aromatic rings. The standard InChI is InChI=1S/C20H24FNO3/c1-5-25-18(23)12-10-15-16(21)11-9-14(3)19(15)20-13(2)7-6-8-17(20)22-24-4/h9-12H,5-8H2,1-4H3/b12-10+,22-17+. The summed E-state index contributed by atoms with van der Waals surface area (Å²) < 4.78 is 19.5. The molecule has 1 aromatic carbocycles. The summed E-state index contributed by atoms with van der Waals surface area (Å²) in [4.78, 5) is 16.6. The third-order valence-corrected chi connectivity index (χ3v) is 4.21. The van der Waals surface area contributed by atoms with E-state index in [1.54, 1.807) is 13.0 Å². The first-order valence-corrected chi connectivity index (χ1v) is 8.44. The third-order valence-electron chi connectivity index (χ3n) is 4.21. The molecule has 25 heavy (non-hydrogen) atoms. The Hall–Kier alpha value is -2.43. The zero-order valence-electron chi connectivity index (χ0n) is 15.2. The van der Waals surface area contributed by atoms with Gasteiger partial charge in [0.1, 0.15) is 12.9 Å². The highest BCUT2D eigenvalue weighted by Crippen LogP contribution is 2.35. The molecule has 0 bridgehead atoms. The lowest BCUT2D eigenvalue weighted by Gasteiger charge is -2.23. The predicted molar refractivity (Wildman–Crippen MR) is 97.7 cm³/mol. The van der Waals surface area contributed by atoms with Crippen molar-refractivity contribution in [1.82, 2.24) is 0 Å². The summed E-state index contributed by atoms with van der Waals surface area (Å²) in [6, 6.07) is 3.15. The minimum atomic E-state index is -0.491. The minimum Gasteiger partial charge on any atom is -0.463 e. The zero-order chi connectivity index (χ0) is 18.4. The van der Waals surface area contributed by atoms with Gasteiger partial charge in [-0.1, -0.05) is 16.8 Å². The first-order valence-electron chi connectivity index (χ1n) is 8.44. The van der Waals surface area contributed by atoms with E-state index in [2.05, 4.69) is 5.16 Å². The van der Waals surface area contributed by atoms with Gasteiger partial charge in [0.15, 0.2) is 0 Å². The molecule has 4 nitrogen and oxygen atoms in total. The number of nitrogens with zero attached hydrogens (tertiary/aromatic N) is 1. The first kappa shape index (κ1) is 18.9. The maximum absolute atomic E-state index is 14.6. The Balaban J connectivity index is 2.62. The highest BCUT2D eigenvalue weighted by Gasteiger charge is 2.23. The van der Waals surface area contributed by atoms with E-state index >= 15 is 0 Å². The van der Waals surface area contributed by atoms with Crippen LogP contribution in [0, 0.1) is 12.7 Å². The van der Waals surface area contributed by atoms with Crippen LogP contribution >= 0.6 is 0 Å². The minimum absolute atomic E-state index is 0.279. The molecule has 2 rings (SSSR count). The summed E-state index contributed by atoms with van der Waals surface area (Å²) in [7, 11) is 1.51. The van der Waals surface area contributed by atoms with Crippen LogP contribution in [0.15, 0.2) is 28.9 Å². The molecule has 0 atom stereocenters. The average molecular weight is 345 g/mol. The molecule has 0 unspecified atom stereocenters. The number of halogens is 1. The number of ether oxygens (including phenoxy) is 1. The number of aryl methyl sites for hydroxylation is 1. The summed E-state index contributed by atoms with van der Waals surface area (Å²) in [6.07, 6.45) is 5.43. The number of hydrogen-bond donors (Lipinski definition) is 0. The number of rotatable bonds is 5. The van der Waals surface area contributed by atoms with Crippen LogP contribution in [-0.2, 0) is 14.4 Å². The van der Waals surface area contributed by atoms with Crippen LogP contribution in [0.3, 0.4) is 0 Å². The zero-order valence-corrected chi connectivity index (χ0v) is 15.2. The van der Waals surface area contributed by atoms with Crippen molar-refractivity contribution in [2.24, 2.45) is 5.16 Å². The molecule has 1 aliphatic rings. The average Bonchev–Trinajstić information content (AvgIpc) is 2.57. The molecule has 0 aromatic heterocycles. The maximum atomic E-state index is 14.6. The van der Waals surface area contributed by atoms with E-state index in [0.717, 1.165) is 47.2 Å². The number of benzene rings is 1. The Labute approximate surface area is 148 Å². The Morgan fingerprint density at radius 3 is 2.76 bits per heavy atom. The van der Waals surface area contributed by atoms with Gasteiger partial charge in [-0.3, -0.25) is 0 Å². The smallest absolute Gasteiger partial charge is 0.330 e. The number of esters is 1. The number of allylic oxidation sites excluding steroid dienone is 2. The molecule has 0 fully saturated rings. The van der Waals surface area contributed by atoms with Gasteiger partial charge in [0, 0.05) is 17.2 Å². The fourth-order valence-corrected chi connectivity index (χ4v) is 3.12. The number of carbonyl (C=O) groups excluding carboxylic acids is 1. The van der Waals surface area contributed by atoms with Gasteiger partial charge in [0.25, 0.3) is 0 Å². The number of carbonyl (C=O) groups is 1. The van der Waals surface area contributed by atoms with Crippen LogP contribution in [0.5, 0.6) is 0 Å². The monoisotopic (exact) mass is 345 g/mol. The van der Waals surface area contributed by atoms with Crippen LogP contribution in [-0.4, -0.2) is 25.4 Å². The summed E-state index contributed by atoms with van der Waals surface area (Å²) in [5, 5.41) is 4.15. The van der Waals surface area contributed by atoms with Crippen molar-refractivity contribution in [2.45, 2.75) is 40.0 Å². The lowest BCUT2D eigenvalue weighted by atomic mass is 9.82. The molecule has 1 aliphatic carbocycles. The van der Waals surface area contributed by atoms with Crippen molar-refractivity contribution >= 4 is 23.3 Å². The van der Waals surface area contributed by atoms with Gasteiger partial charge in [-0.15, -0.1) is 0 Å². The second-order valence-electron chi connectivity index (χ2n) is 5.97. The lowest BCUT2D eigenvalue weighted by Crippen LogP contribution is -2.13. The van der Waals surface area contributed by atoms with E-state index in [0.29, 0.717) is 5.56 Å². The first-order chi connectivity index (χ1) is 12.0. The van der Waals surface area contributed by atoms with Gasteiger partial charge in [0.05, 0.1) is 12.3 Å². The normalized spacial score (nSPS) is 16.6. The van der Waals surface area contributed by atoms with Crippen molar-refractivity contribution in [3.63, 3.8) is 0 Å². The van der Waals surface area contributed by atoms with E-state index in [-0.39, 0.29) is 12.4 Å². The fraction of sp³-hybridized carbons (Fsp3) is 0.400. The van der Waals surface area contributed by atoms with Gasteiger partial charge >= 0.3 is 5.97 Å². The van der Waals surface area contributed by atoms with Crippen LogP contribution < -0.4 is 0 Å². The summed E-state index contributed by atoms with van der Waals surface area (Å²) in [5.74, 6) is -0.877. The van der Waals surface area contributed by atoms with Crippen LogP contribution in [0.25, 0.3) is 11.6 Å². The molecule has 0 aliphatic heterocycles. The topological polar surface area (TPSA) is 47.9 Å². The van der Waals surface area contributed by atoms with E-state index in [1.807, 2.05) is 13.8 Å². The van der Waals surface area contributed by atoms with E-state index in [1.165, 1.54) is 25.3 Å². The van der Waals surface area contributed by atoms with Crippen molar-refractivity contribution in [2.75, 3.05) is 13.7 Å². The van der Waals surface area contributed by atoms with E-state index in [4.69, 9.17) is 9.57 Å². The second-order valence-corrected chi connectivity index (χ2v) is 5.97. The molecule has 0 spiro atoms. The molecular weight excluding hydrogens is 321 g/mol. The molecule has 0 saturated carbocycles. The van der Waals surface area contributed by atoms with Crippen LogP contribution in [0.1, 0.15) is 49.8 Å². The van der Waals surface area contributed by atoms with Crippen LogP contribution in [0.2, 0.25) is 0 Å². The predicted octanol–water partition coefficient (Wildman–Crippen LogP) is 4.67. The Morgan fingerprint density at radius 1 is 1.32 bits per heavy atom. The second kappa shape index (κ2) is 8.60. The number of hydrogen-bond acceptors (Lipinski definition) is 4. The van der Waals surface area contributed by atoms with Crippen LogP contribution in [0.4, 0.5) is 4.39 Å². The molecule has 0 heterocycles. The largest absolute Gasteiger partial charge is 0.463 e. The molecule has 0 N–H and O–H groups in total. The van der Waals surface area contributed by atoms with Crippen molar-refractivity contribution in [3.05, 3.63) is 46.3 Å². The molecular formula is C20H24FNO3. The van der Waals surface area contributed by atoms with E-state index in [9.17, 15) is 9.18 Å². The molecule has 0 amide bonds. The fourth-order valence-electron chi connectivity index (χ4n) is 3.12. The number of oxime groups is 1. The highest BCUT2D eigenvalue weighted by atomic mass is 19.1. The summed E-state index contributed by atoms with van der Waals surface area (Å²) >= 11 is 0. The van der Waals surface area contributed by atoms with Gasteiger partial charge in [-0.2, -0.15) is 0 Å². The highest BCUT2D eigenvalue weighted by molar-refractivity contribution is 6.26. The lowest BCUT2D eigenvalue weighted by molar-refractivity contribution is -0.137. The molecule has 0 radical (unpaired) electrons. The Bertz CT molecular complexity index is 748. The molecule has 0 saturated heterocycles. The third kappa shape index (κ3) is 4.35. The van der Waals surface area contributed by atoms with Gasteiger partial charge < -0.3 is 9.57 Å². The van der Waals surface area contributed by atoms with Crippen molar-refractivity contribution < 1.29 is 18.8 Å². The molecule has 5 heteroatoms. The Kier molecular flexibility index (Phi) is 6.51. The summed E-state index contributed by atoms with van der Waals surface area (Å²) in [6.45, 7) is 5.97. The van der Waals surface area contributed by atoms with Crippen molar-refractivity contribution in [1.29, 1.82) is 0 Å². The molecule has 134 valence electrons. The SMILES string of the molecule is CCOC(=O)/C=C/c1c(F)ccc(C)c1C1=C(C)CCC/C1=N\OC. The van der Waals surface area contributed by atoms with Gasteiger partial charge in [-0.05, 0) is 63.3 Å². The van der Waals surface area contributed by atoms with E-state index < -0.39 is 5.97 Å². The maximum Gasteiger partial charge on any atom is 0.330 e. The quantitative estimate of drug-likeness (QED) is 0.443. The Morgan fingerprint density at radius 2 is 2.08 bits per heavy atom.